The van der Waals surface area contributed by atoms with E-state index < -0.39 is 0 Å². The first-order valence-corrected chi connectivity index (χ1v) is 8.47. The molecule has 0 saturated carbocycles. The van der Waals surface area contributed by atoms with Crippen LogP contribution in [0.25, 0.3) is 0 Å². The smallest absolute Gasteiger partial charge is 0.319 e. The number of anilines is 1. The van der Waals surface area contributed by atoms with Gasteiger partial charge >= 0.3 is 6.03 Å². The molecule has 0 aromatic heterocycles. The number of halogens is 1. The largest absolute Gasteiger partial charge is 0.339 e. The third kappa shape index (κ3) is 4.23. The fourth-order valence-electron chi connectivity index (χ4n) is 3.25. The molecule has 0 bridgehead atoms. The normalized spacial score (nSPS) is 23.8. The minimum Gasteiger partial charge on any atom is -0.339 e. The molecule has 3 amide bonds. The number of hydrogen-bond acceptors (Lipinski definition) is 3. The molecule has 1 aromatic carbocycles. The van der Waals surface area contributed by atoms with Crippen LogP contribution in [0.5, 0.6) is 0 Å². The molecule has 0 radical (unpaired) electrons. The van der Waals surface area contributed by atoms with Crippen molar-refractivity contribution in [1.29, 1.82) is 0 Å². The lowest BCUT2D eigenvalue weighted by molar-refractivity contribution is -0.133. The Bertz CT molecular complexity index is 587. The lowest BCUT2D eigenvalue weighted by Crippen LogP contribution is -2.49. The van der Waals surface area contributed by atoms with Gasteiger partial charge in [-0.2, -0.15) is 0 Å². The zero-order valence-corrected chi connectivity index (χ0v) is 13.6. The van der Waals surface area contributed by atoms with E-state index in [1.54, 1.807) is 0 Å². The number of benzene rings is 1. The van der Waals surface area contributed by atoms with Crippen LogP contribution in [0.1, 0.15) is 25.7 Å². The maximum Gasteiger partial charge on any atom is 0.319 e. The fourth-order valence-corrected chi connectivity index (χ4v) is 3.25. The second kappa shape index (κ2) is 7.61. The van der Waals surface area contributed by atoms with Crippen molar-refractivity contribution in [2.75, 3.05) is 25.0 Å². The number of carbonyl (C=O) groups excluding carboxylic acids is 2. The number of urea groups is 1. The van der Waals surface area contributed by atoms with E-state index in [2.05, 4.69) is 16.0 Å². The zero-order chi connectivity index (χ0) is 16.9. The maximum absolute atomic E-state index is 12.9. The average Bonchev–Trinajstić information content (AvgIpc) is 3.05. The monoisotopic (exact) mass is 334 g/mol. The lowest BCUT2D eigenvalue weighted by Gasteiger charge is -2.27. The molecule has 7 heteroatoms. The fraction of sp³-hybridized carbons (Fsp3) is 0.529. The summed E-state index contributed by atoms with van der Waals surface area (Å²) in [7, 11) is 0. The number of amides is 3. The molecule has 6 nitrogen and oxygen atoms in total. The van der Waals surface area contributed by atoms with Crippen molar-refractivity contribution in [1.82, 2.24) is 15.5 Å². The Hall–Kier alpha value is -2.15. The molecule has 2 unspecified atom stereocenters. The summed E-state index contributed by atoms with van der Waals surface area (Å²) in [5.74, 6) is -0.208. The van der Waals surface area contributed by atoms with E-state index in [1.807, 2.05) is 4.90 Å². The molecular formula is C17H23FN4O2. The van der Waals surface area contributed by atoms with Gasteiger partial charge in [-0.3, -0.25) is 4.79 Å². The van der Waals surface area contributed by atoms with E-state index >= 15 is 0 Å². The van der Waals surface area contributed by atoms with Crippen molar-refractivity contribution < 1.29 is 14.0 Å². The predicted octanol–water partition coefficient (Wildman–Crippen LogP) is 1.69. The Labute approximate surface area is 140 Å². The van der Waals surface area contributed by atoms with Gasteiger partial charge in [-0.1, -0.05) is 6.42 Å². The molecular weight excluding hydrogens is 311 g/mol. The summed E-state index contributed by atoms with van der Waals surface area (Å²) in [6, 6.07) is 5.13. The molecule has 3 N–H and O–H groups in total. The minimum absolute atomic E-state index is 0.0574. The van der Waals surface area contributed by atoms with Gasteiger partial charge in [0.1, 0.15) is 5.82 Å². The van der Waals surface area contributed by atoms with E-state index in [-0.39, 0.29) is 29.8 Å². The van der Waals surface area contributed by atoms with Crippen LogP contribution in [-0.4, -0.2) is 48.6 Å². The van der Waals surface area contributed by atoms with Gasteiger partial charge in [-0.05, 0) is 50.1 Å². The number of piperidine rings is 1. The molecule has 3 rings (SSSR count). The third-order valence-electron chi connectivity index (χ3n) is 4.55. The van der Waals surface area contributed by atoms with Crippen LogP contribution >= 0.6 is 0 Å². The number of likely N-dealkylation sites (tertiary alicyclic amines) is 1. The van der Waals surface area contributed by atoms with Gasteiger partial charge in [-0.25, -0.2) is 9.18 Å². The molecule has 0 spiro atoms. The van der Waals surface area contributed by atoms with Gasteiger partial charge in [-0.15, -0.1) is 0 Å². The summed E-state index contributed by atoms with van der Waals surface area (Å²) in [6.45, 7) is 2.10. The first-order chi connectivity index (χ1) is 11.6. The van der Waals surface area contributed by atoms with Crippen molar-refractivity contribution in [2.45, 2.75) is 37.8 Å². The number of hydrogen-bond donors (Lipinski definition) is 3. The highest BCUT2D eigenvalue weighted by Gasteiger charge is 2.31. The Kier molecular flexibility index (Phi) is 5.30. The molecule has 2 aliphatic heterocycles. The molecule has 2 atom stereocenters. The number of rotatable bonds is 3. The van der Waals surface area contributed by atoms with Crippen LogP contribution in [0.3, 0.4) is 0 Å². The van der Waals surface area contributed by atoms with Crippen molar-refractivity contribution in [3.63, 3.8) is 0 Å². The van der Waals surface area contributed by atoms with E-state index in [1.165, 1.54) is 24.3 Å². The second-order valence-corrected chi connectivity index (χ2v) is 6.38. The second-order valence-electron chi connectivity index (χ2n) is 6.38. The first kappa shape index (κ1) is 16.7. The van der Waals surface area contributed by atoms with E-state index in [4.69, 9.17) is 0 Å². The first-order valence-electron chi connectivity index (χ1n) is 8.47. The molecule has 24 heavy (non-hydrogen) atoms. The Balaban J connectivity index is 1.46. The van der Waals surface area contributed by atoms with Crippen LogP contribution in [0, 0.1) is 5.82 Å². The van der Waals surface area contributed by atoms with E-state index in [0.29, 0.717) is 18.8 Å². The van der Waals surface area contributed by atoms with Gasteiger partial charge in [0.2, 0.25) is 5.91 Å². The molecule has 1 aromatic rings. The standard InChI is InChI=1S/C17H23FN4O2/c18-12-4-6-13(7-5-12)20-17(24)21-14-8-10-22(11-14)16(23)15-3-1-2-9-19-15/h4-7,14-15,19H,1-3,8-11H2,(H2,20,21,24). The highest BCUT2D eigenvalue weighted by atomic mass is 19.1. The third-order valence-corrected chi connectivity index (χ3v) is 4.55. The summed E-state index contributed by atoms with van der Waals surface area (Å²) in [4.78, 5) is 26.3. The molecule has 2 saturated heterocycles. The van der Waals surface area contributed by atoms with Crippen LogP contribution in [0.4, 0.5) is 14.9 Å². The highest BCUT2D eigenvalue weighted by Crippen LogP contribution is 2.15. The van der Waals surface area contributed by atoms with Crippen molar-refractivity contribution in [3.8, 4) is 0 Å². The molecule has 130 valence electrons. The van der Waals surface area contributed by atoms with E-state index in [9.17, 15) is 14.0 Å². The van der Waals surface area contributed by atoms with E-state index in [0.717, 1.165) is 32.2 Å². The molecule has 2 fully saturated rings. The van der Waals surface area contributed by atoms with Gasteiger partial charge in [0.25, 0.3) is 0 Å². The molecule has 2 heterocycles. The van der Waals surface area contributed by atoms with Gasteiger partial charge < -0.3 is 20.9 Å². The van der Waals surface area contributed by atoms with Crippen LogP contribution in [-0.2, 0) is 4.79 Å². The van der Waals surface area contributed by atoms with Gasteiger partial charge in [0.15, 0.2) is 0 Å². The Morgan fingerprint density at radius 2 is 1.96 bits per heavy atom. The van der Waals surface area contributed by atoms with Crippen LogP contribution in [0.2, 0.25) is 0 Å². The summed E-state index contributed by atoms with van der Waals surface area (Å²) in [6.07, 6.45) is 3.84. The Morgan fingerprint density at radius 1 is 1.17 bits per heavy atom. The quantitative estimate of drug-likeness (QED) is 0.788. The number of carbonyl (C=O) groups is 2. The van der Waals surface area contributed by atoms with Crippen molar-refractivity contribution >= 4 is 17.6 Å². The summed E-state index contributed by atoms with van der Waals surface area (Å²) in [5, 5.41) is 8.81. The maximum atomic E-state index is 12.9. The number of nitrogens with one attached hydrogen (secondary N) is 3. The predicted molar refractivity (Wildman–Crippen MR) is 89.2 cm³/mol. The summed E-state index contributed by atoms with van der Waals surface area (Å²) in [5.41, 5.74) is 0.534. The minimum atomic E-state index is -0.345. The topological polar surface area (TPSA) is 73.5 Å². The average molecular weight is 334 g/mol. The van der Waals surface area contributed by atoms with Crippen molar-refractivity contribution in [2.24, 2.45) is 0 Å². The van der Waals surface area contributed by atoms with Crippen molar-refractivity contribution in [3.05, 3.63) is 30.1 Å². The Morgan fingerprint density at radius 3 is 2.67 bits per heavy atom. The molecule has 0 aliphatic carbocycles. The highest BCUT2D eigenvalue weighted by molar-refractivity contribution is 5.89. The summed E-state index contributed by atoms with van der Waals surface area (Å²) < 4.78 is 12.9. The van der Waals surface area contributed by atoms with Crippen LogP contribution < -0.4 is 16.0 Å². The van der Waals surface area contributed by atoms with Crippen LogP contribution in [0.15, 0.2) is 24.3 Å². The lowest BCUT2D eigenvalue weighted by atomic mass is 10.0. The summed E-state index contributed by atoms with van der Waals surface area (Å²) >= 11 is 0. The SMILES string of the molecule is O=C(Nc1ccc(F)cc1)NC1CCN(C(=O)C2CCCCN2)C1. The molecule has 2 aliphatic rings. The number of nitrogens with zero attached hydrogens (tertiary/aromatic N) is 1. The van der Waals surface area contributed by atoms with Gasteiger partial charge in [0.05, 0.1) is 6.04 Å². The zero-order valence-electron chi connectivity index (χ0n) is 13.6. The van der Waals surface area contributed by atoms with Gasteiger partial charge in [0, 0.05) is 24.8 Å².